The van der Waals surface area contributed by atoms with E-state index in [0.717, 1.165) is 17.7 Å². The number of sulfonamides is 1. The topological polar surface area (TPSA) is 89.7 Å². The number of nitrogens with two attached hydrogens (primary N) is 1. The van der Waals surface area contributed by atoms with Gasteiger partial charge >= 0.3 is 0 Å². The van der Waals surface area contributed by atoms with Crippen LogP contribution in [0.25, 0.3) is 0 Å². The van der Waals surface area contributed by atoms with Crippen molar-refractivity contribution < 1.29 is 17.9 Å². The molecule has 1 saturated heterocycles. The van der Waals surface area contributed by atoms with Gasteiger partial charge in [-0.15, -0.1) is 0 Å². The summed E-state index contributed by atoms with van der Waals surface area (Å²) in [5.41, 5.74) is 6.22. The van der Waals surface area contributed by atoms with E-state index in [-0.39, 0.29) is 11.4 Å². The third-order valence-corrected chi connectivity index (χ3v) is 5.95. The summed E-state index contributed by atoms with van der Waals surface area (Å²) in [7, 11) is -3.58. The van der Waals surface area contributed by atoms with Crippen LogP contribution in [0.3, 0.4) is 0 Å². The maximum atomic E-state index is 12.7. The first-order valence-electron chi connectivity index (χ1n) is 7.03. The van der Waals surface area contributed by atoms with Gasteiger partial charge in [0.05, 0.1) is 17.4 Å². The van der Waals surface area contributed by atoms with Crippen LogP contribution in [0.4, 0.5) is 0 Å². The van der Waals surface area contributed by atoms with Gasteiger partial charge in [0.15, 0.2) is 0 Å². The van der Waals surface area contributed by atoms with Crippen LogP contribution in [0.15, 0.2) is 23.1 Å². The number of carbonyl (C=O) groups is 1. The van der Waals surface area contributed by atoms with Gasteiger partial charge in [0.2, 0.25) is 15.9 Å². The van der Waals surface area contributed by atoms with Crippen LogP contribution in [-0.2, 0) is 21.2 Å². The number of nitrogens with zero attached hydrogens (tertiary/aromatic N) is 1. The molecule has 1 unspecified atom stereocenters. The second-order valence-electron chi connectivity index (χ2n) is 5.47. The van der Waals surface area contributed by atoms with Crippen LogP contribution >= 0.6 is 0 Å². The molecule has 0 saturated carbocycles. The number of carbonyl (C=O) groups excluding carboxylic acids is 1. The number of hydrogen-bond acceptors (Lipinski definition) is 4. The molecule has 0 aromatic heterocycles. The van der Waals surface area contributed by atoms with E-state index in [2.05, 4.69) is 0 Å². The minimum absolute atomic E-state index is 0.172. The lowest BCUT2D eigenvalue weighted by atomic mass is 9.99. The summed E-state index contributed by atoms with van der Waals surface area (Å²) in [5.74, 6) is -0.0776. The predicted octanol–water partition coefficient (Wildman–Crippen LogP) is 0.507. The number of fused-ring (bicyclic) bond motifs is 1. The Bertz CT molecular complexity index is 672. The van der Waals surface area contributed by atoms with E-state index in [1.807, 2.05) is 0 Å². The van der Waals surface area contributed by atoms with E-state index in [4.69, 9.17) is 10.5 Å². The van der Waals surface area contributed by atoms with Crippen molar-refractivity contribution in [1.29, 1.82) is 0 Å². The monoisotopic (exact) mass is 310 g/mol. The number of hydrogen-bond donors (Lipinski definition) is 1. The summed E-state index contributed by atoms with van der Waals surface area (Å²) in [5, 5.41) is 0. The molecule has 0 radical (unpaired) electrons. The van der Waals surface area contributed by atoms with Crippen LogP contribution in [0.2, 0.25) is 0 Å². The highest BCUT2D eigenvalue weighted by atomic mass is 32.2. The van der Waals surface area contributed by atoms with E-state index >= 15 is 0 Å². The highest BCUT2D eigenvalue weighted by Gasteiger charge is 2.33. The first kappa shape index (κ1) is 14.3. The van der Waals surface area contributed by atoms with E-state index in [1.165, 1.54) is 4.31 Å². The maximum absolute atomic E-state index is 12.7. The van der Waals surface area contributed by atoms with Gasteiger partial charge in [-0.3, -0.25) is 4.79 Å². The molecule has 1 amide bonds. The number of primary amides is 1. The molecule has 114 valence electrons. The van der Waals surface area contributed by atoms with Gasteiger partial charge in [-0.2, -0.15) is 4.31 Å². The van der Waals surface area contributed by atoms with Crippen LogP contribution in [0, 0.1) is 5.92 Å². The van der Waals surface area contributed by atoms with Crippen molar-refractivity contribution in [3.63, 3.8) is 0 Å². The predicted molar refractivity (Wildman–Crippen MR) is 76.3 cm³/mol. The Morgan fingerprint density at radius 2 is 2.19 bits per heavy atom. The summed E-state index contributed by atoms with van der Waals surface area (Å²) < 4.78 is 32.1. The number of benzene rings is 1. The van der Waals surface area contributed by atoms with Gasteiger partial charge in [-0.05, 0) is 36.6 Å². The second-order valence-corrected chi connectivity index (χ2v) is 7.41. The van der Waals surface area contributed by atoms with Crippen molar-refractivity contribution in [3.05, 3.63) is 23.8 Å². The molecule has 21 heavy (non-hydrogen) atoms. The molecule has 3 rings (SSSR count). The Labute approximate surface area is 123 Å². The van der Waals surface area contributed by atoms with Crippen LogP contribution in [-0.4, -0.2) is 38.3 Å². The van der Waals surface area contributed by atoms with Crippen LogP contribution in [0.5, 0.6) is 5.75 Å². The normalized spacial score (nSPS) is 22.6. The zero-order valence-electron chi connectivity index (χ0n) is 11.6. The first-order chi connectivity index (χ1) is 9.98. The number of piperidine rings is 1. The molecule has 1 aromatic carbocycles. The molecule has 1 fully saturated rings. The zero-order chi connectivity index (χ0) is 15.0. The Kier molecular flexibility index (Phi) is 3.62. The Balaban J connectivity index is 1.88. The standard InChI is InChI=1S/C14H18N2O4S/c15-14(17)11-2-1-6-16(9-11)21(18,19)12-3-4-13-10(8-12)5-7-20-13/h3-4,8,11H,1-2,5-7,9H2,(H2,15,17). The molecule has 6 nitrogen and oxygen atoms in total. The van der Waals surface area contributed by atoms with Gasteiger partial charge in [0.1, 0.15) is 5.75 Å². The summed E-state index contributed by atoms with van der Waals surface area (Å²) in [4.78, 5) is 11.6. The fourth-order valence-electron chi connectivity index (χ4n) is 2.87. The van der Waals surface area contributed by atoms with E-state index in [0.29, 0.717) is 26.0 Å². The summed E-state index contributed by atoms with van der Waals surface area (Å²) in [6.07, 6.45) is 2.03. The Morgan fingerprint density at radius 3 is 2.95 bits per heavy atom. The van der Waals surface area contributed by atoms with Crippen molar-refractivity contribution in [2.75, 3.05) is 19.7 Å². The number of rotatable bonds is 3. The summed E-state index contributed by atoms with van der Waals surface area (Å²) in [6, 6.07) is 4.93. The maximum Gasteiger partial charge on any atom is 0.243 e. The fraction of sp³-hybridized carbons (Fsp3) is 0.500. The molecule has 1 aromatic rings. The molecule has 2 aliphatic rings. The Morgan fingerprint density at radius 1 is 1.38 bits per heavy atom. The van der Waals surface area contributed by atoms with Gasteiger partial charge < -0.3 is 10.5 Å². The van der Waals surface area contributed by atoms with Crippen molar-refractivity contribution in [1.82, 2.24) is 4.31 Å². The molecular weight excluding hydrogens is 292 g/mol. The Hall–Kier alpha value is -1.60. The highest BCUT2D eigenvalue weighted by Crippen LogP contribution is 2.30. The van der Waals surface area contributed by atoms with Crippen molar-refractivity contribution >= 4 is 15.9 Å². The number of amides is 1. The smallest absolute Gasteiger partial charge is 0.243 e. The minimum atomic E-state index is -3.58. The lowest BCUT2D eigenvalue weighted by Gasteiger charge is -2.30. The van der Waals surface area contributed by atoms with Crippen LogP contribution < -0.4 is 10.5 Å². The lowest BCUT2D eigenvalue weighted by molar-refractivity contribution is -0.122. The number of ether oxygens (including phenoxy) is 1. The van der Waals surface area contributed by atoms with Gasteiger partial charge in [0, 0.05) is 19.5 Å². The first-order valence-corrected chi connectivity index (χ1v) is 8.47. The van der Waals surface area contributed by atoms with E-state index < -0.39 is 21.8 Å². The van der Waals surface area contributed by atoms with Gasteiger partial charge in [0.25, 0.3) is 0 Å². The molecule has 0 aliphatic carbocycles. The molecule has 2 aliphatic heterocycles. The zero-order valence-corrected chi connectivity index (χ0v) is 12.4. The van der Waals surface area contributed by atoms with E-state index in [1.54, 1.807) is 18.2 Å². The third kappa shape index (κ3) is 2.63. The van der Waals surface area contributed by atoms with E-state index in [9.17, 15) is 13.2 Å². The average molecular weight is 310 g/mol. The molecular formula is C14H18N2O4S. The van der Waals surface area contributed by atoms with Gasteiger partial charge in [-0.1, -0.05) is 0 Å². The lowest BCUT2D eigenvalue weighted by Crippen LogP contribution is -2.44. The fourth-order valence-corrected chi connectivity index (χ4v) is 4.44. The highest BCUT2D eigenvalue weighted by molar-refractivity contribution is 7.89. The van der Waals surface area contributed by atoms with Crippen molar-refractivity contribution in [2.45, 2.75) is 24.2 Å². The molecule has 7 heteroatoms. The summed E-state index contributed by atoms with van der Waals surface area (Å²) >= 11 is 0. The molecule has 1 atom stereocenters. The van der Waals surface area contributed by atoms with Crippen LogP contribution in [0.1, 0.15) is 18.4 Å². The second kappa shape index (κ2) is 5.31. The van der Waals surface area contributed by atoms with Crippen molar-refractivity contribution in [3.8, 4) is 5.75 Å². The molecule has 2 N–H and O–H groups in total. The van der Waals surface area contributed by atoms with Gasteiger partial charge in [-0.25, -0.2) is 8.42 Å². The SMILES string of the molecule is NC(=O)C1CCCN(S(=O)(=O)c2ccc3c(c2)CCO3)C1. The average Bonchev–Trinajstić information content (AvgIpc) is 2.94. The quantitative estimate of drug-likeness (QED) is 0.880. The molecule has 0 spiro atoms. The van der Waals surface area contributed by atoms with Crippen molar-refractivity contribution in [2.24, 2.45) is 11.7 Å². The summed E-state index contributed by atoms with van der Waals surface area (Å²) in [6.45, 7) is 1.19. The minimum Gasteiger partial charge on any atom is -0.493 e. The molecule has 0 bridgehead atoms. The molecule has 2 heterocycles. The largest absolute Gasteiger partial charge is 0.493 e. The third-order valence-electron chi connectivity index (χ3n) is 4.09.